The van der Waals surface area contributed by atoms with Crippen LogP contribution in [-0.4, -0.2) is 25.2 Å². The predicted octanol–water partition coefficient (Wildman–Crippen LogP) is 2.15. The highest BCUT2D eigenvalue weighted by molar-refractivity contribution is 5.50. The van der Waals surface area contributed by atoms with E-state index in [1.165, 1.54) is 18.2 Å². The minimum atomic E-state index is -0.485. The Labute approximate surface area is 94.3 Å². The van der Waals surface area contributed by atoms with E-state index in [1.807, 2.05) is 13.8 Å². The Morgan fingerprint density at radius 3 is 2.12 bits per heavy atom. The fourth-order valence-electron chi connectivity index (χ4n) is 2.30. The third kappa shape index (κ3) is 2.16. The molecule has 0 saturated carbocycles. The summed E-state index contributed by atoms with van der Waals surface area (Å²) in [4.78, 5) is 1.77. The van der Waals surface area contributed by atoms with Crippen LogP contribution >= 0.6 is 0 Å². The van der Waals surface area contributed by atoms with E-state index in [-0.39, 0.29) is 17.8 Å². The SMILES string of the molecule is CC1CN(c2c(F)cccc2F)CC(C)N1. The lowest BCUT2D eigenvalue weighted by molar-refractivity contribution is 0.400. The van der Waals surface area contributed by atoms with Crippen molar-refractivity contribution in [2.75, 3.05) is 18.0 Å². The first kappa shape index (κ1) is 11.3. The highest BCUT2D eigenvalue weighted by Gasteiger charge is 2.25. The minimum Gasteiger partial charge on any atom is -0.364 e. The minimum absolute atomic E-state index is 0.0997. The summed E-state index contributed by atoms with van der Waals surface area (Å²) in [5, 5.41) is 3.33. The molecule has 4 heteroatoms. The van der Waals surface area contributed by atoms with Crippen LogP contribution in [0, 0.1) is 11.6 Å². The lowest BCUT2D eigenvalue weighted by Crippen LogP contribution is -2.54. The lowest BCUT2D eigenvalue weighted by atomic mass is 10.1. The van der Waals surface area contributed by atoms with E-state index < -0.39 is 11.6 Å². The standard InChI is InChI=1S/C12H16F2N2/c1-8-6-16(7-9(2)15-8)12-10(13)4-3-5-11(12)14/h3-5,8-9,15H,6-7H2,1-2H3. The molecule has 1 aliphatic rings. The quantitative estimate of drug-likeness (QED) is 0.789. The van der Waals surface area contributed by atoms with Crippen LogP contribution in [0.25, 0.3) is 0 Å². The first-order valence-electron chi connectivity index (χ1n) is 5.53. The smallest absolute Gasteiger partial charge is 0.149 e. The fourth-order valence-corrected chi connectivity index (χ4v) is 2.30. The fraction of sp³-hybridized carbons (Fsp3) is 0.500. The molecule has 0 aliphatic carbocycles. The van der Waals surface area contributed by atoms with Gasteiger partial charge in [0.05, 0.1) is 0 Å². The number of nitrogens with one attached hydrogen (secondary N) is 1. The van der Waals surface area contributed by atoms with Crippen LogP contribution in [0.4, 0.5) is 14.5 Å². The van der Waals surface area contributed by atoms with E-state index in [0.717, 1.165) is 0 Å². The molecule has 1 N–H and O–H groups in total. The second kappa shape index (κ2) is 4.37. The van der Waals surface area contributed by atoms with Gasteiger partial charge in [-0.3, -0.25) is 0 Å². The van der Waals surface area contributed by atoms with E-state index in [4.69, 9.17) is 0 Å². The van der Waals surface area contributed by atoms with Gasteiger partial charge in [0, 0.05) is 25.2 Å². The maximum Gasteiger partial charge on any atom is 0.149 e. The van der Waals surface area contributed by atoms with Crippen molar-refractivity contribution >= 4 is 5.69 Å². The number of piperazine rings is 1. The Kier molecular flexibility index (Phi) is 3.10. The van der Waals surface area contributed by atoms with Crippen molar-refractivity contribution in [3.8, 4) is 0 Å². The Morgan fingerprint density at radius 1 is 1.12 bits per heavy atom. The maximum absolute atomic E-state index is 13.6. The zero-order valence-electron chi connectivity index (χ0n) is 9.50. The number of halogens is 2. The monoisotopic (exact) mass is 226 g/mol. The van der Waals surface area contributed by atoms with Gasteiger partial charge in [-0.25, -0.2) is 8.78 Å². The molecule has 0 aromatic heterocycles. The third-order valence-electron chi connectivity index (χ3n) is 2.81. The number of rotatable bonds is 1. The van der Waals surface area contributed by atoms with Gasteiger partial charge in [0.15, 0.2) is 0 Å². The molecule has 2 nitrogen and oxygen atoms in total. The molecule has 1 aromatic rings. The van der Waals surface area contributed by atoms with Crippen molar-refractivity contribution in [1.82, 2.24) is 5.32 Å². The van der Waals surface area contributed by atoms with Crippen LogP contribution in [0.3, 0.4) is 0 Å². The van der Waals surface area contributed by atoms with Gasteiger partial charge < -0.3 is 10.2 Å². The third-order valence-corrected chi connectivity index (χ3v) is 2.81. The van der Waals surface area contributed by atoms with Crippen LogP contribution < -0.4 is 10.2 Å². The number of benzene rings is 1. The molecule has 1 heterocycles. The van der Waals surface area contributed by atoms with Crippen LogP contribution in [0.5, 0.6) is 0 Å². The zero-order chi connectivity index (χ0) is 11.7. The molecule has 2 rings (SSSR count). The molecule has 0 bridgehead atoms. The van der Waals surface area contributed by atoms with Crippen LogP contribution in [0.15, 0.2) is 18.2 Å². The summed E-state index contributed by atoms with van der Waals surface area (Å²) in [5.41, 5.74) is 0.0997. The highest BCUT2D eigenvalue weighted by Crippen LogP contribution is 2.24. The van der Waals surface area contributed by atoms with Crippen molar-refractivity contribution in [3.63, 3.8) is 0 Å². The average Bonchev–Trinajstić information content (AvgIpc) is 2.15. The molecule has 88 valence electrons. The van der Waals surface area contributed by atoms with E-state index in [9.17, 15) is 8.78 Å². The summed E-state index contributed by atoms with van der Waals surface area (Å²) < 4.78 is 27.2. The van der Waals surface area contributed by atoms with Crippen LogP contribution in [0.2, 0.25) is 0 Å². The Bertz CT molecular complexity index is 351. The van der Waals surface area contributed by atoms with Gasteiger partial charge in [-0.1, -0.05) is 6.07 Å². The molecule has 0 spiro atoms. The van der Waals surface area contributed by atoms with Crippen LogP contribution in [-0.2, 0) is 0 Å². The molecule has 2 atom stereocenters. The summed E-state index contributed by atoms with van der Waals surface area (Å²) in [6.45, 7) is 5.28. The average molecular weight is 226 g/mol. The summed E-state index contributed by atoms with van der Waals surface area (Å²) in [6, 6.07) is 4.47. The normalized spacial score (nSPS) is 25.9. The first-order valence-corrected chi connectivity index (χ1v) is 5.53. The lowest BCUT2D eigenvalue weighted by Gasteiger charge is -2.37. The van der Waals surface area contributed by atoms with Gasteiger partial charge in [-0.2, -0.15) is 0 Å². The van der Waals surface area contributed by atoms with E-state index >= 15 is 0 Å². The summed E-state index contributed by atoms with van der Waals surface area (Å²) in [5.74, 6) is -0.970. The molecule has 1 aromatic carbocycles. The Balaban J connectivity index is 2.29. The van der Waals surface area contributed by atoms with Gasteiger partial charge in [0.1, 0.15) is 17.3 Å². The van der Waals surface area contributed by atoms with Crippen molar-refractivity contribution in [3.05, 3.63) is 29.8 Å². The van der Waals surface area contributed by atoms with E-state index in [2.05, 4.69) is 5.32 Å². The zero-order valence-corrected chi connectivity index (χ0v) is 9.50. The van der Waals surface area contributed by atoms with Crippen molar-refractivity contribution in [2.45, 2.75) is 25.9 Å². The largest absolute Gasteiger partial charge is 0.364 e. The van der Waals surface area contributed by atoms with Gasteiger partial charge >= 0.3 is 0 Å². The maximum atomic E-state index is 13.6. The Hall–Kier alpha value is -1.16. The summed E-state index contributed by atoms with van der Waals surface area (Å²) in [7, 11) is 0. The molecular formula is C12H16F2N2. The molecule has 16 heavy (non-hydrogen) atoms. The number of para-hydroxylation sites is 1. The van der Waals surface area contributed by atoms with Gasteiger partial charge in [-0.15, -0.1) is 0 Å². The second-order valence-corrected chi connectivity index (χ2v) is 4.44. The van der Waals surface area contributed by atoms with Crippen molar-refractivity contribution in [1.29, 1.82) is 0 Å². The molecule has 1 aliphatic heterocycles. The molecule has 0 radical (unpaired) electrons. The van der Waals surface area contributed by atoms with Gasteiger partial charge in [0.2, 0.25) is 0 Å². The Morgan fingerprint density at radius 2 is 1.62 bits per heavy atom. The summed E-state index contributed by atoms with van der Waals surface area (Å²) >= 11 is 0. The van der Waals surface area contributed by atoms with Gasteiger partial charge in [0.25, 0.3) is 0 Å². The van der Waals surface area contributed by atoms with Crippen molar-refractivity contribution in [2.24, 2.45) is 0 Å². The van der Waals surface area contributed by atoms with Gasteiger partial charge in [-0.05, 0) is 26.0 Å². The molecule has 1 saturated heterocycles. The molecule has 1 fully saturated rings. The molecular weight excluding hydrogens is 210 g/mol. The number of hydrogen-bond donors (Lipinski definition) is 1. The number of anilines is 1. The topological polar surface area (TPSA) is 15.3 Å². The first-order chi connectivity index (χ1) is 7.58. The molecule has 2 unspecified atom stereocenters. The number of hydrogen-bond acceptors (Lipinski definition) is 2. The van der Waals surface area contributed by atoms with Crippen molar-refractivity contribution < 1.29 is 8.78 Å². The van der Waals surface area contributed by atoms with Crippen LogP contribution in [0.1, 0.15) is 13.8 Å². The second-order valence-electron chi connectivity index (χ2n) is 4.44. The van der Waals surface area contributed by atoms with E-state index in [0.29, 0.717) is 13.1 Å². The predicted molar refractivity (Wildman–Crippen MR) is 60.6 cm³/mol. The highest BCUT2D eigenvalue weighted by atomic mass is 19.1. The number of nitrogens with zero attached hydrogens (tertiary/aromatic N) is 1. The molecule has 0 amide bonds. The van der Waals surface area contributed by atoms with E-state index in [1.54, 1.807) is 4.90 Å². The summed E-state index contributed by atoms with van der Waals surface area (Å²) in [6.07, 6.45) is 0.